The summed E-state index contributed by atoms with van der Waals surface area (Å²) in [6, 6.07) is 15.0. The van der Waals surface area contributed by atoms with E-state index < -0.39 is 0 Å². The molecular formula is C24H27ClN4O3S. The molecule has 2 heterocycles. The number of aromatic nitrogens is 1. The summed E-state index contributed by atoms with van der Waals surface area (Å²) < 4.78 is 10.7. The van der Waals surface area contributed by atoms with Gasteiger partial charge in [0, 0.05) is 48.5 Å². The molecule has 0 atom stereocenters. The van der Waals surface area contributed by atoms with Crippen LogP contribution in [0.1, 0.15) is 5.56 Å². The molecule has 33 heavy (non-hydrogen) atoms. The Kier molecular flexibility index (Phi) is 7.82. The minimum Gasteiger partial charge on any atom is -0.497 e. The molecule has 2 N–H and O–H groups in total. The van der Waals surface area contributed by atoms with E-state index in [1.54, 1.807) is 7.11 Å². The van der Waals surface area contributed by atoms with E-state index in [0.29, 0.717) is 34.5 Å². The number of H-pyrrole nitrogens is 1. The van der Waals surface area contributed by atoms with Gasteiger partial charge < -0.3 is 24.7 Å². The van der Waals surface area contributed by atoms with Crippen LogP contribution in [0.2, 0.25) is 5.02 Å². The number of rotatable bonds is 7. The van der Waals surface area contributed by atoms with Crippen LogP contribution in [0.25, 0.3) is 10.9 Å². The number of pyridine rings is 1. The van der Waals surface area contributed by atoms with E-state index in [2.05, 4.69) is 15.2 Å². The highest BCUT2D eigenvalue weighted by Gasteiger charge is 2.17. The smallest absolute Gasteiger partial charge is 0.253 e. The third kappa shape index (κ3) is 6.23. The average Bonchev–Trinajstić information content (AvgIpc) is 2.82. The number of aromatic amines is 1. The van der Waals surface area contributed by atoms with Crippen molar-refractivity contribution in [3.05, 3.63) is 69.5 Å². The number of anilines is 1. The van der Waals surface area contributed by atoms with E-state index in [9.17, 15) is 4.79 Å². The number of ether oxygens (including phenoxy) is 2. The largest absolute Gasteiger partial charge is 0.497 e. The Morgan fingerprint density at radius 2 is 2.06 bits per heavy atom. The summed E-state index contributed by atoms with van der Waals surface area (Å²) in [4.78, 5) is 20.2. The van der Waals surface area contributed by atoms with Gasteiger partial charge in [-0.05, 0) is 54.0 Å². The number of halogens is 1. The molecule has 0 radical (unpaired) electrons. The third-order valence-corrected chi connectivity index (χ3v) is 6.24. The van der Waals surface area contributed by atoms with Crippen LogP contribution in [-0.2, 0) is 11.3 Å². The fourth-order valence-corrected chi connectivity index (χ4v) is 4.25. The molecule has 1 aromatic heterocycles. The highest BCUT2D eigenvalue weighted by Crippen LogP contribution is 2.20. The van der Waals surface area contributed by atoms with Gasteiger partial charge in [0.15, 0.2) is 5.11 Å². The summed E-state index contributed by atoms with van der Waals surface area (Å²) in [7, 11) is 1.61. The Morgan fingerprint density at radius 1 is 1.24 bits per heavy atom. The van der Waals surface area contributed by atoms with Crippen molar-refractivity contribution in [2.24, 2.45) is 0 Å². The number of hydrogen-bond donors (Lipinski definition) is 2. The van der Waals surface area contributed by atoms with Gasteiger partial charge in [0.05, 0.1) is 32.4 Å². The van der Waals surface area contributed by atoms with E-state index in [-0.39, 0.29) is 5.56 Å². The number of nitrogens with zero attached hydrogens (tertiary/aromatic N) is 2. The zero-order valence-corrected chi connectivity index (χ0v) is 20.0. The standard InChI is InChI=1S/C24H27ClN4O3S/c1-31-21-6-5-17-13-18(23(30)27-22(17)15-21)16-29(8-7-28-9-11-32-12-10-28)24(33)26-20-4-2-3-19(25)14-20/h2-6,13-15H,7-12,16H2,1H3,(H,26,33)(H,27,30). The molecule has 0 spiro atoms. The average molecular weight is 487 g/mol. The maximum atomic E-state index is 12.9. The second-order valence-electron chi connectivity index (χ2n) is 7.89. The molecule has 174 valence electrons. The molecule has 4 rings (SSSR count). The number of benzene rings is 2. The first kappa shape index (κ1) is 23.5. The monoisotopic (exact) mass is 486 g/mol. The lowest BCUT2D eigenvalue weighted by atomic mass is 10.1. The van der Waals surface area contributed by atoms with Crippen LogP contribution < -0.4 is 15.6 Å². The number of morpholine rings is 1. The van der Waals surface area contributed by atoms with Crippen LogP contribution in [0.5, 0.6) is 5.75 Å². The Balaban J connectivity index is 1.55. The SMILES string of the molecule is COc1ccc2cc(CN(CCN3CCOCC3)C(=S)Nc3cccc(Cl)c3)c(=O)[nH]c2c1. The summed E-state index contributed by atoms with van der Waals surface area (Å²) in [6.45, 7) is 5.13. The molecule has 0 aliphatic carbocycles. The second kappa shape index (κ2) is 11.0. The molecule has 1 aliphatic heterocycles. The molecule has 1 fully saturated rings. The molecule has 9 heteroatoms. The van der Waals surface area contributed by atoms with Gasteiger partial charge in [-0.15, -0.1) is 0 Å². The van der Waals surface area contributed by atoms with Gasteiger partial charge in [0.2, 0.25) is 0 Å². The second-order valence-corrected chi connectivity index (χ2v) is 8.72. The minimum absolute atomic E-state index is 0.141. The third-order valence-electron chi connectivity index (χ3n) is 5.64. The van der Waals surface area contributed by atoms with Crippen molar-refractivity contribution in [1.29, 1.82) is 0 Å². The first-order valence-electron chi connectivity index (χ1n) is 10.8. The van der Waals surface area contributed by atoms with E-state index in [4.69, 9.17) is 33.3 Å². The van der Waals surface area contributed by atoms with Crippen molar-refractivity contribution in [3.8, 4) is 5.75 Å². The highest BCUT2D eigenvalue weighted by atomic mass is 35.5. The zero-order valence-electron chi connectivity index (χ0n) is 18.5. The van der Waals surface area contributed by atoms with Crippen LogP contribution >= 0.6 is 23.8 Å². The Labute approximate surface area is 203 Å². The Bertz CT molecular complexity index is 1180. The first-order valence-corrected chi connectivity index (χ1v) is 11.6. The lowest BCUT2D eigenvalue weighted by Crippen LogP contribution is -2.44. The van der Waals surface area contributed by atoms with Gasteiger partial charge in [0.1, 0.15) is 5.75 Å². The Morgan fingerprint density at radius 3 is 2.82 bits per heavy atom. The van der Waals surface area contributed by atoms with E-state index in [0.717, 1.165) is 49.4 Å². The molecule has 2 aromatic carbocycles. The first-order chi connectivity index (χ1) is 16.0. The summed E-state index contributed by atoms with van der Waals surface area (Å²) in [6.07, 6.45) is 0. The van der Waals surface area contributed by atoms with Gasteiger partial charge in [0.25, 0.3) is 5.56 Å². The van der Waals surface area contributed by atoms with Gasteiger partial charge in [-0.1, -0.05) is 17.7 Å². The number of fused-ring (bicyclic) bond motifs is 1. The van der Waals surface area contributed by atoms with Crippen LogP contribution in [0.15, 0.2) is 53.3 Å². The fraction of sp³-hybridized carbons (Fsp3) is 0.333. The number of thiocarbonyl (C=S) groups is 1. The van der Waals surface area contributed by atoms with Gasteiger partial charge in [-0.25, -0.2) is 0 Å². The number of nitrogens with one attached hydrogen (secondary N) is 2. The maximum Gasteiger partial charge on any atom is 0.253 e. The van der Waals surface area contributed by atoms with E-state index >= 15 is 0 Å². The molecule has 0 unspecified atom stereocenters. The lowest BCUT2D eigenvalue weighted by Gasteiger charge is -2.31. The van der Waals surface area contributed by atoms with Crippen molar-refractivity contribution in [1.82, 2.24) is 14.8 Å². The van der Waals surface area contributed by atoms with Crippen molar-refractivity contribution >= 4 is 45.5 Å². The predicted octanol–water partition coefficient (Wildman–Crippen LogP) is 3.72. The van der Waals surface area contributed by atoms with Crippen LogP contribution in [0.3, 0.4) is 0 Å². The number of hydrogen-bond acceptors (Lipinski definition) is 5. The quantitative estimate of drug-likeness (QED) is 0.493. The predicted molar refractivity (Wildman–Crippen MR) is 136 cm³/mol. The van der Waals surface area contributed by atoms with Crippen molar-refractivity contribution in [2.75, 3.05) is 51.8 Å². The van der Waals surface area contributed by atoms with Crippen molar-refractivity contribution < 1.29 is 9.47 Å². The van der Waals surface area contributed by atoms with Crippen LogP contribution in [0.4, 0.5) is 5.69 Å². The van der Waals surface area contributed by atoms with Crippen LogP contribution in [-0.4, -0.2) is 66.4 Å². The maximum absolute atomic E-state index is 12.9. The molecular weight excluding hydrogens is 460 g/mol. The highest BCUT2D eigenvalue weighted by molar-refractivity contribution is 7.80. The number of methoxy groups -OCH3 is 1. The van der Waals surface area contributed by atoms with Crippen LogP contribution in [0, 0.1) is 0 Å². The molecule has 1 aliphatic rings. The molecule has 0 bridgehead atoms. The molecule has 0 saturated carbocycles. The molecule has 3 aromatic rings. The summed E-state index contributed by atoms with van der Waals surface area (Å²) in [5, 5.41) is 5.37. The van der Waals surface area contributed by atoms with Gasteiger partial charge in [-0.2, -0.15) is 0 Å². The van der Waals surface area contributed by atoms with Gasteiger partial charge in [-0.3, -0.25) is 9.69 Å². The minimum atomic E-state index is -0.141. The summed E-state index contributed by atoms with van der Waals surface area (Å²) in [5.74, 6) is 0.699. The Hall–Kier alpha value is -2.65. The van der Waals surface area contributed by atoms with Crippen molar-refractivity contribution in [3.63, 3.8) is 0 Å². The zero-order chi connectivity index (χ0) is 23.2. The van der Waals surface area contributed by atoms with E-state index in [1.165, 1.54) is 0 Å². The molecule has 7 nitrogen and oxygen atoms in total. The topological polar surface area (TPSA) is 69.8 Å². The normalized spacial score (nSPS) is 14.2. The molecule has 0 amide bonds. The summed E-state index contributed by atoms with van der Waals surface area (Å²) in [5.41, 5.74) is 2.05. The molecule has 1 saturated heterocycles. The lowest BCUT2D eigenvalue weighted by molar-refractivity contribution is 0.0358. The van der Waals surface area contributed by atoms with Gasteiger partial charge >= 0.3 is 0 Å². The summed E-state index contributed by atoms with van der Waals surface area (Å²) >= 11 is 11.9. The van der Waals surface area contributed by atoms with Crippen molar-refractivity contribution in [2.45, 2.75) is 6.54 Å². The van der Waals surface area contributed by atoms with E-state index in [1.807, 2.05) is 53.4 Å². The fourth-order valence-electron chi connectivity index (χ4n) is 3.78.